The van der Waals surface area contributed by atoms with Crippen molar-refractivity contribution in [3.63, 3.8) is 0 Å². The summed E-state index contributed by atoms with van der Waals surface area (Å²) in [4.78, 5) is 29.3. The Hall–Kier alpha value is -3.81. The molecule has 0 unspecified atom stereocenters. The summed E-state index contributed by atoms with van der Waals surface area (Å²) < 4.78 is 14.2. The molecule has 0 bridgehead atoms. The summed E-state index contributed by atoms with van der Waals surface area (Å²) in [6.45, 7) is 4.18. The number of aromatic carboxylic acids is 1. The Morgan fingerprint density at radius 2 is 1.66 bits per heavy atom. The molecule has 4 rings (SSSR count). The number of rotatable bonds is 4. The molecular formula is C24H25N3O5. The molecule has 0 atom stereocenters. The van der Waals surface area contributed by atoms with E-state index >= 15 is 0 Å². The zero-order valence-electron chi connectivity index (χ0n) is 18.7. The molecule has 32 heavy (non-hydrogen) atoms. The van der Waals surface area contributed by atoms with Crippen molar-refractivity contribution >= 4 is 11.7 Å². The lowest BCUT2D eigenvalue weighted by atomic mass is 9.97. The van der Waals surface area contributed by atoms with Crippen LogP contribution in [0.1, 0.15) is 27.0 Å². The molecular weight excluding hydrogens is 410 g/mol. The lowest BCUT2D eigenvalue weighted by Crippen LogP contribution is -2.40. The summed E-state index contributed by atoms with van der Waals surface area (Å²) >= 11 is 0. The molecule has 1 aromatic heterocycles. The quantitative estimate of drug-likeness (QED) is 0.680. The van der Waals surface area contributed by atoms with E-state index in [1.54, 1.807) is 38.0 Å². The van der Waals surface area contributed by atoms with Gasteiger partial charge in [0, 0.05) is 25.2 Å². The van der Waals surface area contributed by atoms with Gasteiger partial charge in [0.05, 0.1) is 31.2 Å². The molecule has 2 heterocycles. The summed E-state index contributed by atoms with van der Waals surface area (Å²) in [5.74, 6) is 0.259. The molecule has 8 heteroatoms. The van der Waals surface area contributed by atoms with Crippen LogP contribution in [0.15, 0.2) is 40.1 Å². The number of nitrogens with zero attached hydrogens (tertiary/aromatic N) is 3. The molecule has 166 valence electrons. The van der Waals surface area contributed by atoms with Crippen molar-refractivity contribution < 1.29 is 19.4 Å². The highest BCUT2D eigenvalue weighted by molar-refractivity contribution is 5.89. The predicted molar refractivity (Wildman–Crippen MR) is 120 cm³/mol. The van der Waals surface area contributed by atoms with Gasteiger partial charge in [0.1, 0.15) is 5.49 Å². The van der Waals surface area contributed by atoms with Crippen LogP contribution < -0.4 is 20.7 Å². The van der Waals surface area contributed by atoms with E-state index in [1.807, 2.05) is 32.0 Å². The van der Waals surface area contributed by atoms with Crippen molar-refractivity contribution in [2.75, 3.05) is 14.2 Å². The lowest BCUT2D eigenvalue weighted by molar-refractivity contribution is 0.0696. The number of carbonyl (C=O) groups is 1. The molecule has 2 aromatic carbocycles. The van der Waals surface area contributed by atoms with Gasteiger partial charge in [0.15, 0.2) is 11.5 Å². The standard InChI is InChI=1S/C24H25N3O5/c1-13-8-16(23(28)29)9-14(2)22(13)25-21-12-18-17-11-20(32-5)19(31-4)10-15(17)6-7-27(18)24(30)26(21)3/h8-12H,6-7H2,1-5H3,(H,28,29). The number of ether oxygens (including phenoxy) is 2. The molecule has 0 amide bonds. The van der Waals surface area contributed by atoms with Crippen LogP contribution in [0, 0.1) is 13.8 Å². The van der Waals surface area contributed by atoms with Gasteiger partial charge in [-0.2, -0.15) is 0 Å². The Morgan fingerprint density at radius 1 is 1.03 bits per heavy atom. The Bertz CT molecular complexity index is 1360. The third kappa shape index (κ3) is 3.47. The minimum atomic E-state index is -0.985. The fourth-order valence-corrected chi connectivity index (χ4v) is 4.19. The number of aryl methyl sites for hydroxylation is 3. The van der Waals surface area contributed by atoms with E-state index in [0.29, 0.717) is 35.6 Å². The van der Waals surface area contributed by atoms with Crippen molar-refractivity contribution in [2.24, 2.45) is 12.0 Å². The summed E-state index contributed by atoms with van der Waals surface area (Å²) in [6.07, 6.45) is 0.702. The SMILES string of the molecule is COc1cc2c(cc1OC)-c1cc(=Nc3c(C)cc(C(=O)O)cc3C)n(C)c(=O)n1CC2. The first kappa shape index (κ1) is 21.4. The maximum atomic E-state index is 13.2. The average molecular weight is 435 g/mol. The topological polar surface area (TPSA) is 95.1 Å². The zero-order valence-corrected chi connectivity index (χ0v) is 18.7. The van der Waals surface area contributed by atoms with Crippen molar-refractivity contribution in [3.8, 4) is 22.8 Å². The van der Waals surface area contributed by atoms with Crippen LogP contribution >= 0.6 is 0 Å². The fourth-order valence-electron chi connectivity index (χ4n) is 4.19. The Labute approximate surface area is 185 Å². The second-order valence-electron chi connectivity index (χ2n) is 7.87. The summed E-state index contributed by atoms with van der Waals surface area (Å²) in [7, 11) is 4.87. The van der Waals surface area contributed by atoms with Crippen LogP contribution in [-0.2, 0) is 20.0 Å². The fraction of sp³-hybridized carbons (Fsp3) is 0.292. The first-order valence-corrected chi connectivity index (χ1v) is 10.2. The minimum Gasteiger partial charge on any atom is -0.493 e. The largest absolute Gasteiger partial charge is 0.493 e. The first-order chi connectivity index (χ1) is 15.2. The van der Waals surface area contributed by atoms with Crippen molar-refractivity contribution in [1.29, 1.82) is 0 Å². The number of carboxylic acid groups (broad SMARTS) is 1. The molecule has 0 spiro atoms. The number of aromatic nitrogens is 2. The number of hydrogen-bond donors (Lipinski definition) is 1. The van der Waals surface area contributed by atoms with E-state index < -0.39 is 5.97 Å². The molecule has 1 N–H and O–H groups in total. The highest BCUT2D eigenvalue weighted by atomic mass is 16.5. The Kier molecular flexibility index (Phi) is 5.38. The highest BCUT2D eigenvalue weighted by Crippen LogP contribution is 2.37. The summed E-state index contributed by atoms with van der Waals surface area (Å²) in [5, 5.41) is 9.30. The third-order valence-corrected chi connectivity index (χ3v) is 5.87. The van der Waals surface area contributed by atoms with Crippen LogP contribution in [0.25, 0.3) is 11.3 Å². The van der Waals surface area contributed by atoms with E-state index in [9.17, 15) is 14.7 Å². The van der Waals surface area contributed by atoms with Gasteiger partial charge in [0.2, 0.25) is 0 Å². The normalized spacial score (nSPS) is 12.8. The van der Waals surface area contributed by atoms with Crippen LogP contribution in [0.4, 0.5) is 5.69 Å². The van der Waals surface area contributed by atoms with Gasteiger partial charge in [-0.1, -0.05) is 0 Å². The maximum Gasteiger partial charge on any atom is 0.335 e. The van der Waals surface area contributed by atoms with Crippen LogP contribution in [0.3, 0.4) is 0 Å². The second kappa shape index (κ2) is 8.03. The van der Waals surface area contributed by atoms with E-state index in [2.05, 4.69) is 0 Å². The van der Waals surface area contributed by atoms with Crippen molar-refractivity contribution in [3.05, 3.63) is 68.6 Å². The molecule has 8 nitrogen and oxygen atoms in total. The maximum absolute atomic E-state index is 13.2. The number of methoxy groups -OCH3 is 2. The van der Waals surface area contributed by atoms with E-state index in [0.717, 1.165) is 27.9 Å². The number of fused-ring (bicyclic) bond motifs is 3. The Morgan fingerprint density at radius 3 is 2.25 bits per heavy atom. The first-order valence-electron chi connectivity index (χ1n) is 10.2. The van der Waals surface area contributed by atoms with Gasteiger partial charge in [-0.15, -0.1) is 0 Å². The summed E-state index contributed by atoms with van der Waals surface area (Å²) in [6, 6.07) is 8.90. The minimum absolute atomic E-state index is 0.167. The monoisotopic (exact) mass is 435 g/mol. The van der Waals surface area contributed by atoms with E-state index in [1.165, 1.54) is 4.57 Å². The van der Waals surface area contributed by atoms with Gasteiger partial charge in [-0.25, -0.2) is 14.6 Å². The molecule has 1 aliphatic rings. The van der Waals surface area contributed by atoms with Crippen LogP contribution in [0.5, 0.6) is 11.5 Å². The number of benzene rings is 2. The van der Waals surface area contributed by atoms with Gasteiger partial charge < -0.3 is 14.6 Å². The highest BCUT2D eigenvalue weighted by Gasteiger charge is 2.21. The van der Waals surface area contributed by atoms with Gasteiger partial charge in [-0.05, 0) is 61.2 Å². The number of hydrogen-bond acceptors (Lipinski definition) is 5. The molecule has 0 saturated carbocycles. The van der Waals surface area contributed by atoms with Crippen LogP contribution in [-0.4, -0.2) is 34.4 Å². The molecule has 0 radical (unpaired) electrons. The van der Waals surface area contributed by atoms with E-state index in [4.69, 9.17) is 14.5 Å². The Balaban J connectivity index is 1.97. The molecule has 1 aliphatic heterocycles. The molecule has 0 saturated heterocycles. The number of carboxylic acids is 1. The molecule has 0 fully saturated rings. The van der Waals surface area contributed by atoms with Gasteiger partial charge in [-0.3, -0.25) is 9.13 Å². The van der Waals surface area contributed by atoms with Gasteiger partial charge >= 0.3 is 11.7 Å². The average Bonchev–Trinajstić information content (AvgIpc) is 2.77. The van der Waals surface area contributed by atoms with Gasteiger partial charge in [0.25, 0.3) is 0 Å². The zero-order chi connectivity index (χ0) is 23.2. The van der Waals surface area contributed by atoms with E-state index in [-0.39, 0.29) is 11.3 Å². The molecule has 0 aliphatic carbocycles. The van der Waals surface area contributed by atoms with Crippen molar-refractivity contribution in [1.82, 2.24) is 9.13 Å². The smallest absolute Gasteiger partial charge is 0.335 e. The molecule has 3 aromatic rings. The second-order valence-corrected chi connectivity index (χ2v) is 7.87. The predicted octanol–water partition coefficient (Wildman–Crippen LogP) is 2.97. The van der Waals surface area contributed by atoms with Crippen molar-refractivity contribution in [2.45, 2.75) is 26.8 Å². The third-order valence-electron chi connectivity index (χ3n) is 5.87. The lowest BCUT2D eigenvalue weighted by Gasteiger charge is -2.24. The van der Waals surface area contributed by atoms with Crippen LogP contribution in [0.2, 0.25) is 0 Å². The summed E-state index contributed by atoms with van der Waals surface area (Å²) in [5.41, 5.74) is 5.36.